The topological polar surface area (TPSA) is 187 Å². The molecule has 0 amide bonds. The Labute approximate surface area is 920 Å². The number of aryl methyl sites for hydroxylation is 8. The van der Waals surface area contributed by atoms with Crippen molar-refractivity contribution in [2.75, 3.05) is 0 Å². The number of pyridine rings is 1. The van der Waals surface area contributed by atoms with Gasteiger partial charge in [0, 0.05) is 172 Å². The maximum absolute atomic E-state index is 9.49. The Hall–Kier alpha value is -16.8. The van der Waals surface area contributed by atoms with E-state index >= 15 is 0 Å². The first kappa shape index (κ1) is 104. The van der Waals surface area contributed by atoms with Crippen LogP contribution in [0.3, 0.4) is 0 Å². The summed E-state index contributed by atoms with van der Waals surface area (Å²) in [4.78, 5) is 7.69. The number of imidazole rings is 1. The van der Waals surface area contributed by atoms with Crippen molar-refractivity contribution in [1.29, 1.82) is 15.8 Å². The summed E-state index contributed by atoms with van der Waals surface area (Å²) in [6, 6.07) is 142. The number of fused-ring (bicyclic) bond motifs is 15. The molecule has 0 aliphatic carbocycles. The van der Waals surface area contributed by atoms with Gasteiger partial charge in [0.1, 0.15) is 29.4 Å². The molecule has 149 heavy (non-hydrogen) atoms. The molecule has 4 radical (unpaired) electrons. The summed E-state index contributed by atoms with van der Waals surface area (Å²) in [6.07, 6.45) is 8.77. The predicted octanol–water partition coefficient (Wildman–Crippen LogP) is 30.9. The van der Waals surface area contributed by atoms with Crippen molar-refractivity contribution in [3.63, 3.8) is 0 Å². The van der Waals surface area contributed by atoms with Gasteiger partial charge in [0.25, 0.3) is 0 Å². The Bertz CT molecular complexity index is 9390. The van der Waals surface area contributed by atoms with Gasteiger partial charge >= 0.3 is 0 Å². The van der Waals surface area contributed by atoms with Crippen LogP contribution in [0.5, 0.6) is 0 Å². The number of nitriles is 3. The van der Waals surface area contributed by atoms with Crippen LogP contribution < -0.4 is 0 Å². The van der Waals surface area contributed by atoms with E-state index in [1.165, 1.54) is 139 Å². The number of furan rings is 1. The SMILES string of the molecule is Cc1cc(C)c(-c2cc[c-]c3c2c2cc(C)cc(C)c2c2cc(C#N)nn32)c(C)c1.Cc1cccc(C)c1-c1cc[c-]c(-n2nc(C#N)cc2-c2ccccc2)c1.Cc1cscc1-n1ccnc1-c1[c-]cccc1.N#Cc1ccn(-c2[c-]cccc2)n1.[C-]#[N+]c1cnn(-c2[c-]cccc2)c1.[Ir].[Ir].[Ir].[Ir].c1ccc(-n2c3ccccc3c3cc(-c4ccc5oc6ccc(-n7c8ccccc8c8ccccc87)cc6c5c4)ccc32)cc1. The molecule has 0 aliphatic heterocycles. The maximum atomic E-state index is 9.49. The average molecular weight is 2660 g/mol. The summed E-state index contributed by atoms with van der Waals surface area (Å²) < 4.78 is 20.1. The third-order valence-corrected chi connectivity index (χ3v) is 26.8. The van der Waals surface area contributed by atoms with Crippen molar-refractivity contribution in [3.8, 4) is 108 Å². The molecular weight excluding hydrogens is 2570 g/mol. The van der Waals surface area contributed by atoms with Crippen molar-refractivity contribution in [1.82, 2.24) is 57.6 Å². The second kappa shape index (κ2) is 45.9. The number of nitrogens with zero attached hydrogens (tertiary/aromatic N) is 16. The van der Waals surface area contributed by atoms with Crippen LogP contribution in [0.2, 0.25) is 0 Å². The van der Waals surface area contributed by atoms with Crippen LogP contribution in [-0.2, 0) is 80.4 Å². The number of thiophene rings is 1. The predicted molar refractivity (Wildman–Crippen MR) is 584 cm³/mol. The number of aromatic nitrogens is 12. The molecular formula is C127H89Ir4N16OS-5. The van der Waals surface area contributed by atoms with Crippen LogP contribution in [0.1, 0.15) is 61.6 Å². The molecule has 0 saturated carbocycles. The van der Waals surface area contributed by atoms with Crippen LogP contribution in [0.25, 0.3) is 188 Å². The van der Waals surface area contributed by atoms with E-state index in [0.29, 0.717) is 22.8 Å². The first-order chi connectivity index (χ1) is 71.0. The second-order valence-electron chi connectivity index (χ2n) is 35.5. The summed E-state index contributed by atoms with van der Waals surface area (Å²) in [7, 11) is 0. The fourth-order valence-electron chi connectivity index (χ4n) is 19.7. The van der Waals surface area contributed by atoms with Crippen LogP contribution in [0, 0.1) is 126 Å². The monoisotopic (exact) mass is 2660 g/mol. The van der Waals surface area contributed by atoms with E-state index in [1.54, 1.807) is 43.8 Å². The summed E-state index contributed by atoms with van der Waals surface area (Å²) >= 11 is 1.71. The molecule has 0 saturated heterocycles. The Morgan fingerprint density at radius 2 is 0.940 bits per heavy atom. The smallest absolute Gasteiger partial charge is 0.224 e. The van der Waals surface area contributed by atoms with Gasteiger partial charge in [-0.3, -0.25) is 23.5 Å². The van der Waals surface area contributed by atoms with E-state index in [4.69, 9.17) is 16.3 Å². The molecule has 10 aromatic heterocycles. The van der Waals surface area contributed by atoms with Crippen LogP contribution in [0.4, 0.5) is 5.69 Å². The first-order valence-electron chi connectivity index (χ1n) is 47.3. The molecule has 0 unspecified atom stereocenters. The normalized spacial score (nSPS) is 10.7. The Morgan fingerprint density at radius 1 is 0.376 bits per heavy atom. The molecule has 0 N–H and O–H groups in total. The molecule has 17 nitrogen and oxygen atoms in total. The minimum Gasteiger partial charge on any atom is -0.456 e. The van der Waals surface area contributed by atoms with Crippen molar-refractivity contribution >= 4 is 110 Å². The number of rotatable bonds is 11. The van der Waals surface area contributed by atoms with Gasteiger partial charge in [0.2, 0.25) is 5.69 Å². The number of para-hydroxylation sites is 6. The minimum absolute atomic E-state index is 0. The fourth-order valence-corrected chi connectivity index (χ4v) is 20.5. The largest absolute Gasteiger partial charge is 0.456 e. The van der Waals surface area contributed by atoms with Crippen molar-refractivity contribution in [3.05, 3.63) is 497 Å². The molecule has 0 spiro atoms. The molecule has 16 aromatic carbocycles. The van der Waals surface area contributed by atoms with Crippen LogP contribution in [0.15, 0.2) is 398 Å². The van der Waals surface area contributed by atoms with Gasteiger partial charge in [-0.15, -0.1) is 76.6 Å². The summed E-state index contributed by atoms with van der Waals surface area (Å²) in [5.74, 6) is 0.937. The molecule has 0 fully saturated rings. The fraction of sp³-hybridized carbons (Fsp3) is 0.0630. The molecule has 0 aliphatic rings. The van der Waals surface area contributed by atoms with Gasteiger partial charge in [-0.1, -0.05) is 180 Å². The van der Waals surface area contributed by atoms with Crippen molar-refractivity contribution < 1.29 is 84.8 Å². The molecule has 26 aromatic rings. The molecule has 0 atom stereocenters. The van der Waals surface area contributed by atoms with E-state index in [9.17, 15) is 10.5 Å². The minimum atomic E-state index is 0. The Balaban J connectivity index is 0.000000128. The standard InChI is InChI=1S/C42H26N2O.C27H22N3.C24H18N3.C14H11N2S.2C10H6N3.4Ir/c1-2-10-29(11-3-1)43-39-17-9-6-14-33(39)34-24-27(18-21-40(34)43)28-19-22-41-35(25-28)36-26-30(20-23-42(36)45-41)44-37-15-7-4-12-31(37)32-13-5-8-16-38(32)44;1-15-9-17(3)25(18(4)10-15)21-7-6-8-23-27(21)22-12-16(2)11-19(5)26(22)24-13-20(14-28)29-30(23)24;1-17-8-6-9-18(2)24(17)20-12-7-13-22(14-20)27-23(15-21(16-25)26-27)19-10-4-3-5-11-19;1-11-9-17-10-13(11)16-8-7-15-14(16)12-5-3-2-4-6-12;1-11-9-7-12-13(8-9)10-5-3-2-4-6-10;11-8-9-6-7-13(12-9)10-4-2-1-3-5-10;;;;/h1-26H;6-7,9-13H,1-5H3;3-12,14-15H,1-2H3;2-5,7-10H,1H3;2-5,7-8H;1-4,6-7H;;;;/q;5*-1;;;;. The molecule has 26 rings (SSSR count). The molecule has 22 heteroatoms. The zero-order chi connectivity index (χ0) is 99.3. The van der Waals surface area contributed by atoms with Crippen molar-refractivity contribution in [2.24, 2.45) is 0 Å². The number of hydrogen-bond acceptors (Lipinski definition) is 10. The van der Waals surface area contributed by atoms with Gasteiger partial charge < -0.3 is 18.1 Å². The zero-order valence-electron chi connectivity index (χ0n) is 81.8. The van der Waals surface area contributed by atoms with Gasteiger partial charge in [-0.05, 0) is 223 Å². The van der Waals surface area contributed by atoms with Crippen LogP contribution in [-0.4, -0.2) is 57.6 Å². The average Bonchev–Trinajstić information content (AvgIpc) is 1.68. The van der Waals surface area contributed by atoms with E-state index < -0.39 is 0 Å². The third-order valence-electron chi connectivity index (χ3n) is 25.9. The zero-order valence-corrected chi connectivity index (χ0v) is 92.2. The molecule has 10 heterocycles. The summed E-state index contributed by atoms with van der Waals surface area (Å²) in [5.41, 5.74) is 36.2. The number of benzene rings is 16. The van der Waals surface area contributed by atoms with E-state index in [0.717, 1.165) is 94.7 Å². The molecule has 730 valence electrons. The Kier molecular flexibility index (Phi) is 31.9. The molecule has 0 bridgehead atoms. The van der Waals surface area contributed by atoms with E-state index in [-0.39, 0.29) is 80.4 Å². The summed E-state index contributed by atoms with van der Waals surface area (Å²) in [6.45, 7) is 23.9. The quantitative estimate of drug-likeness (QED) is 0.0897. The third kappa shape index (κ3) is 21.0. The van der Waals surface area contributed by atoms with Gasteiger partial charge in [-0.25, -0.2) is 4.85 Å². The number of hydrogen-bond donors (Lipinski definition) is 0. The van der Waals surface area contributed by atoms with E-state index in [1.807, 2.05) is 150 Å². The van der Waals surface area contributed by atoms with E-state index in [2.05, 4.69) is 371 Å². The first-order valence-corrected chi connectivity index (χ1v) is 48.3. The Morgan fingerprint density at radius 3 is 1.56 bits per heavy atom. The maximum Gasteiger partial charge on any atom is 0.224 e. The van der Waals surface area contributed by atoms with Crippen LogP contribution >= 0.6 is 11.3 Å². The van der Waals surface area contributed by atoms with Crippen molar-refractivity contribution in [2.45, 2.75) is 55.4 Å². The van der Waals surface area contributed by atoms with Gasteiger partial charge in [0.05, 0.1) is 57.6 Å². The van der Waals surface area contributed by atoms with Gasteiger partial charge in [-0.2, -0.15) is 121 Å². The van der Waals surface area contributed by atoms with Gasteiger partial charge in [0.15, 0.2) is 17.1 Å². The second-order valence-corrected chi connectivity index (χ2v) is 36.2. The summed E-state index contributed by atoms with van der Waals surface area (Å²) in [5, 5.41) is 59.5.